The van der Waals surface area contributed by atoms with Gasteiger partial charge in [-0.25, -0.2) is 12.9 Å². The predicted octanol–water partition coefficient (Wildman–Crippen LogP) is 2.05. The Morgan fingerprint density at radius 3 is 2.67 bits per heavy atom. The lowest BCUT2D eigenvalue weighted by Gasteiger charge is -2.20. The molecular weight excluding hydrogens is 259 g/mol. The minimum absolute atomic E-state index is 0.0424. The van der Waals surface area contributed by atoms with Crippen molar-refractivity contribution in [3.8, 4) is 0 Å². The Kier molecular flexibility index (Phi) is 4.03. The number of alkyl halides is 1. The van der Waals surface area contributed by atoms with E-state index in [1.54, 1.807) is 4.31 Å². The molecule has 1 aliphatic heterocycles. The molecule has 0 N–H and O–H groups in total. The Hall–Kier alpha value is -1.34. The Labute approximate surface area is 106 Å². The summed E-state index contributed by atoms with van der Waals surface area (Å²) in [7, 11) is -1.44. The topological polar surface area (TPSA) is 63.5 Å². The van der Waals surface area contributed by atoms with E-state index in [-0.39, 0.29) is 11.7 Å². The molecule has 7 heteroatoms. The zero-order valence-electron chi connectivity index (χ0n) is 9.62. The van der Waals surface area contributed by atoms with Crippen molar-refractivity contribution in [1.29, 1.82) is 0 Å². The fourth-order valence-electron chi connectivity index (χ4n) is 2.00. The summed E-state index contributed by atoms with van der Waals surface area (Å²) in [5, 5.41) is 10.5. The molecule has 1 fully saturated rings. The monoisotopic (exact) mass is 272 g/mol. The number of hydrogen-bond acceptors (Lipinski definition) is 3. The second-order valence-electron chi connectivity index (χ2n) is 4.09. The highest BCUT2D eigenvalue weighted by Gasteiger charge is 2.29. The zero-order chi connectivity index (χ0) is 13.1. The summed E-state index contributed by atoms with van der Waals surface area (Å²) in [5.74, 6) is 0. The van der Waals surface area contributed by atoms with Gasteiger partial charge in [0.1, 0.15) is 17.7 Å². The molecule has 1 aromatic carbocycles. The van der Waals surface area contributed by atoms with E-state index in [0.29, 0.717) is 17.9 Å². The second kappa shape index (κ2) is 5.53. The molecule has 0 amide bonds. The molecule has 1 saturated heterocycles. The first-order chi connectivity index (χ1) is 8.63. The van der Waals surface area contributed by atoms with Crippen LogP contribution in [-0.4, -0.2) is 32.7 Å². The first-order valence-electron chi connectivity index (χ1n) is 5.62. The van der Waals surface area contributed by atoms with Gasteiger partial charge in [-0.1, -0.05) is 0 Å². The minimum atomic E-state index is -1.44. The number of halogens is 1. The van der Waals surface area contributed by atoms with Crippen LogP contribution in [0.4, 0.5) is 10.1 Å². The average Bonchev–Trinajstić information content (AvgIpc) is 2.86. The predicted molar refractivity (Wildman–Crippen MR) is 65.2 cm³/mol. The van der Waals surface area contributed by atoms with Gasteiger partial charge in [0.2, 0.25) is 0 Å². The normalized spacial score (nSPS) is 21.9. The fourth-order valence-corrected chi connectivity index (χ4v) is 3.37. The highest BCUT2D eigenvalue weighted by molar-refractivity contribution is 7.82. The number of rotatable bonds is 4. The maximum Gasteiger partial charge on any atom is 0.269 e. The van der Waals surface area contributed by atoms with E-state index in [0.717, 1.165) is 6.42 Å². The Bertz CT molecular complexity index is 466. The Balaban J connectivity index is 2.16. The molecule has 1 aromatic rings. The van der Waals surface area contributed by atoms with Crippen molar-refractivity contribution in [3.63, 3.8) is 0 Å². The summed E-state index contributed by atoms with van der Waals surface area (Å²) >= 11 is 0. The molecule has 5 nitrogen and oxygen atoms in total. The van der Waals surface area contributed by atoms with Crippen LogP contribution in [0.5, 0.6) is 0 Å². The number of nitro groups is 1. The molecule has 0 spiro atoms. The molecule has 2 rings (SSSR count). The van der Waals surface area contributed by atoms with Crippen LogP contribution >= 0.6 is 0 Å². The number of hydrogen-bond donors (Lipinski definition) is 0. The molecule has 1 aliphatic rings. The summed E-state index contributed by atoms with van der Waals surface area (Å²) in [6.07, 6.45) is 1.53. The number of nitro benzene ring substituents is 1. The highest BCUT2D eigenvalue weighted by atomic mass is 32.2. The van der Waals surface area contributed by atoms with Gasteiger partial charge in [-0.05, 0) is 25.0 Å². The van der Waals surface area contributed by atoms with Crippen molar-refractivity contribution < 1.29 is 13.5 Å². The lowest BCUT2D eigenvalue weighted by atomic mass is 10.2. The van der Waals surface area contributed by atoms with Gasteiger partial charge in [0.05, 0.1) is 15.9 Å². The van der Waals surface area contributed by atoms with E-state index in [2.05, 4.69) is 0 Å². The van der Waals surface area contributed by atoms with Crippen molar-refractivity contribution >= 4 is 16.7 Å². The van der Waals surface area contributed by atoms with Crippen LogP contribution in [0.2, 0.25) is 0 Å². The lowest BCUT2D eigenvalue weighted by molar-refractivity contribution is -0.384. The number of benzene rings is 1. The van der Waals surface area contributed by atoms with Gasteiger partial charge < -0.3 is 0 Å². The molecule has 0 aromatic heterocycles. The molecule has 0 aliphatic carbocycles. The molecule has 98 valence electrons. The summed E-state index contributed by atoms with van der Waals surface area (Å²) in [6, 6.07) is 5.24. The maximum absolute atomic E-state index is 12.7. The quantitative estimate of drug-likeness (QED) is 0.622. The molecule has 1 unspecified atom stereocenters. The average molecular weight is 272 g/mol. The first kappa shape index (κ1) is 13.1. The Morgan fingerprint density at radius 1 is 1.44 bits per heavy atom. The third-order valence-corrected chi connectivity index (χ3v) is 4.55. The first-order valence-corrected chi connectivity index (χ1v) is 6.73. The van der Waals surface area contributed by atoms with E-state index in [1.165, 1.54) is 24.3 Å². The molecule has 0 bridgehead atoms. The van der Waals surface area contributed by atoms with Crippen LogP contribution in [0.1, 0.15) is 12.8 Å². The lowest BCUT2D eigenvalue weighted by Crippen LogP contribution is -2.32. The Morgan fingerprint density at radius 2 is 2.11 bits per heavy atom. The van der Waals surface area contributed by atoms with E-state index >= 15 is 0 Å². The van der Waals surface area contributed by atoms with Crippen LogP contribution in [0.3, 0.4) is 0 Å². The molecule has 0 saturated carbocycles. The minimum Gasteiger partial charge on any atom is -0.258 e. The smallest absolute Gasteiger partial charge is 0.258 e. The largest absolute Gasteiger partial charge is 0.269 e. The van der Waals surface area contributed by atoms with Crippen LogP contribution in [0.25, 0.3) is 0 Å². The van der Waals surface area contributed by atoms with Crippen molar-refractivity contribution in [2.75, 3.05) is 13.2 Å². The van der Waals surface area contributed by atoms with Crippen LogP contribution in [-0.2, 0) is 11.0 Å². The van der Waals surface area contributed by atoms with Gasteiger partial charge in [0.25, 0.3) is 5.69 Å². The van der Waals surface area contributed by atoms with Gasteiger partial charge >= 0.3 is 0 Å². The van der Waals surface area contributed by atoms with Crippen LogP contribution in [0.15, 0.2) is 29.2 Å². The summed E-state index contributed by atoms with van der Waals surface area (Å²) < 4.78 is 26.5. The standard InChI is InChI=1S/C11H13FN2O3S/c12-8-10-2-1-7-13(10)18(17)11-5-3-9(4-6-11)14(15)16/h3-6,10H,1-2,7-8H2/t10-,18?/m1/s1. The van der Waals surface area contributed by atoms with Gasteiger partial charge in [0.15, 0.2) is 0 Å². The van der Waals surface area contributed by atoms with Gasteiger partial charge in [-0.2, -0.15) is 0 Å². The summed E-state index contributed by atoms with van der Waals surface area (Å²) in [4.78, 5) is 10.5. The summed E-state index contributed by atoms with van der Waals surface area (Å²) in [5.41, 5.74) is -0.0424. The molecule has 1 heterocycles. The van der Waals surface area contributed by atoms with E-state index in [4.69, 9.17) is 0 Å². The number of nitrogens with zero attached hydrogens (tertiary/aromatic N) is 2. The third kappa shape index (κ3) is 2.56. The van der Waals surface area contributed by atoms with Gasteiger partial charge in [-0.15, -0.1) is 0 Å². The zero-order valence-corrected chi connectivity index (χ0v) is 10.4. The van der Waals surface area contributed by atoms with Crippen molar-refractivity contribution in [2.24, 2.45) is 0 Å². The van der Waals surface area contributed by atoms with Gasteiger partial charge in [0, 0.05) is 18.7 Å². The van der Waals surface area contributed by atoms with Crippen LogP contribution < -0.4 is 0 Å². The van der Waals surface area contributed by atoms with E-state index in [1.807, 2.05) is 0 Å². The maximum atomic E-state index is 12.7. The SMILES string of the molecule is O=[N+]([O-])c1ccc(S(=O)N2CCC[C@@H]2CF)cc1. The van der Waals surface area contributed by atoms with Crippen LogP contribution in [0, 0.1) is 10.1 Å². The molecule has 2 atom stereocenters. The molecule has 0 radical (unpaired) electrons. The summed E-state index contributed by atoms with van der Waals surface area (Å²) in [6.45, 7) is 0.0803. The van der Waals surface area contributed by atoms with Crippen molar-refractivity contribution in [3.05, 3.63) is 34.4 Å². The highest BCUT2D eigenvalue weighted by Crippen LogP contribution is 2.24. The third-order valence-electron chi connectivity index (χ3n) is 2.96. The van der Waals surface area contributed by atoms with Crippen molar-refractivity contribution in [1.82, 2.24) is 4.31 Å². The van der Waals surface area contributed by atoms with Crippen molar-refractivity contribution in [2.45, 2.75) is 23.8 Å². The van der Waals surface area contributed by atoms with E-state index in [9.17, 15) is 18.7 Å². The number of non-ortho nitro benzene ring substituents is 1. The second-order valence-corrected chi connectivity index (χ2v) is 5.53. The van der Waals surface area contributed by atoms with E-state index < -0.39 is 22.6 Å². The fraction of sp³-hybridized carbons (Fsp3) is 0.455. The van der Waals surface area contributed by atoms with Gasteiger partial charge in [-0.3, -0.25) is 10.1 Å². The molecular formula is C11H13FN2O3S. The molecule has 18 heavy (non-hydrogen) atoms.